The van der Waals surface area contributed by atoms with Gasteiger partial charge in [0.05, 0.1) is 0 Å². The number of rotatable bonds is 5. The molecule has 0 heterocycles. The highest BCUT2D eigenvalue weighted by atomic mass is 16.1. The molecule has 1 aliphatic rings. The Morgan fingerprint density at radius 1 is 1.39 bits per heavy atom. The maximum atomic E-state index is 12.0. The molecule has 3 N–H and O–H groups in total. The van der Waals surface area contributed by atoms with Gasteiger partial charge < -0.3 is 11.1 Å². The minimum atomic E-state index is -0.0778. The fourth-order valence-corrected chi connectivity index (χ4v) is 1.80. The van der Waals surface area contributed by atoms with Crippen LogP contribution in [-0.4, -0.2) is 17.7 Å². The van der Waals surface area contributed by atoms with Crippen LogP contribution in [0.5, 0.6) is 0 Å². The van der Waals surface area contributed by atoms with Crippen LogP contribution in [0.2, 0.25) is 0 Å². The van der Waals surface area contributed by atoms with Gasteiger partial charge in [0.25, 0.3) is 0 Å². The highest BCUT2D eigenvalue weighted by molar-refractivity contribution is 5.99. The van der Waals surface area contributed by atoms with E-state index in [2.05, 4.69) is 5.32 Å². The van der Waals surface area contributed by atoms with Gasteiger partial charge in [0.15, 0.2) is 5.78 Å². The Labute approximate surface area is 108 Å². The van der Waals surface area contributed by atoms with Gasteiger partial charge in [0.1, 0.15) is 0 Å². The molecule has 18 heavy (non-hydrogen) atoms. The number of nitrogens with one attached hydrogen (secondary N) is 1. The van der Waals surface area contributed by atoms with Crippen molar-refractivity contribution < 1.29 is 9.59 Å². The second-order valence-electron chi connectivity index (χ2n) is 4.47. The third-order valence-corrected chi connectivity index (χ3v) is 2.72. The zero-order valence-corrected chi connectivity index (χ0v) is 10.9. The summed E-state index contributed by atoms with van der Waals surface area (Å²) in [5.41, 5.74) is 6.90. The Morgan fingerprint density at radius 3 is 2.72 bits per heavy atom. The lowest BCUT2D eigenvalue weighted by Gasteiger charge is -2.12. The zero-order chi connectivity index (χ0) is 13.5. The molecule has 4 nitrogen and oxygen atoms in total. The predicted molar refractivity (Wildman–Crippen MR) is 71.6 cm³/mol. The van der Waals surface area contributed by atoms with Crippen molar-refractivity contribution in [1.29, 1.82) is 0 Å². The SMILES string of the molecule is CC(=O)NC(C)CCC(=O)C1=C(N)C=CCC=C1. The minimum Gasteiger partial charge on any atom is -0.398 e. The highest BCUT2D eigenvalue weighted by Crippen LogP contribution is 2.13. The lowest BCUT2D eigenvalue weighted by atomic mass is 10.0. The van der Waals surface area contributed by atoms with Crippen LogP contribution in [-0.2, 0) is 9.59 Å². The van der Waals surface area contributed by atoms with Crippen molar-refractivity contribution in [3.63, 3.8) is 0 Å². The summed E-state index contributed by atoms with van der Waals surface area (Å²) in [7, 11) is 0. The molecule has 0 aliphatic heterocycles. The third kappa shape index (κ3) is 4.57. The second kappa shape index (κ2) is 6.79. The van der Waals surface area contributed by atoms with Gasteiger partial charge in [-0.05, 0) is 25.8 Å². The number of carbonyl (C=O) groups excluding carboxylic acids is 2. The lowest BCUT2D eigenvalue weighted by Crippen LogP contribution is -2.30. The molecule has 1 aliphatic carbocycles. The number of allylic oxidation sites excluding steroid dienone is 5. The normalized spacial score (nSPS) is 16.3. The zero-order valence-electron chi connectivity index (χ0n) is 10.9. The quantitative estimate of drug-likeness (QED) is 0.776. The first-order valence-corrected chi connectivity index (χ1v) is 6.14. The van der Waals surface area contributed by atoms with E-state index in [0.29, 0.717) is 24.1 Å². The number of ketones is 1. The molecule has 98 valence electrons. The fraction of sp³-hybridized carbons (Fsp3) is 0.429. The van der Waals surface area contributed by atoms with E-state index in [0.717, 1.165) is 6.42 Å². The molecule has 0 saturated carbocycles. The van der Waals surface area contributed by atoms with E-state index < -0.39 is 0 Å². The standard InChI is InChI=1S/C14H20N2O2/c1-10(16-11(2)17)8-9-14(18)12-6-4-3-5-7-13(12)15/h4-7,10H,3,8-9,15H2,1-2H3,(H,16,17). The molecule has 0 bridgehead atoms. The van der Waals surface area contributed by atoms with Crippen molar-refractivity contribution >= 4 is 11.7 Å². The second-order valence-corrected chi connectivity index (χ2v) is 4.47. The van der Waals surface area contributed by atoms with Gasteiger partial charge in [-0.25, -0.2) is 0 Å². The molecule has 0 fully saturated rings. The van der Waals surface area contributed by atoms with Crippen LogP contribution in [0.15, 0.2) is 35.6 Å². The van der Waals surface area contributed by atoms with Crippen LogP contribution < -0.4 is 11.1 Å². The van der Waals surface area contributed by atoms with Crippen molar-refractivity contribution in [2.75, 3.05) is 0 Å². The number of Topliss-reactive ketones (excluding diaryl/α,β-unsaturated/α-hetero) is 1. The molecule has 1 rings (SSSR count). The first kappa shape index (κ1) is 14.2. The van der Waals surface area contributed by atoms with E-state index in [9.17, 15) is 9.59 Å². The summed E-state index contributed by atoms with van der Waals surface area (Å²) < 4.78 is 0. The topological polar surface area (TPSA) is 72.2 Å². The van der Waals surface area contributed by atoms with Gasteiger partial charge in [0, 0.05) is 30.7 Å². The van der Waals surface area contributed by atoms with E-state index in [1.165, 1.54) is 6.92 Å². The third-order valence-electron chi connectivity index (χ3n) is 2.72. The summed E-state index contributed by atoms with van der Waals surface area (Å²) in [5.74, 6) is -0.0570. The van der Waals surface area contributed by atoms with Gasteiger partial charge in [-0.2, -0.15) is 0 Å². The maximum absolute atomic E-state index is 12.0. The van der Waals surface area contributed by atoms with E-state index in [1.54, 1.807) is 12.2 Å². The molecule has 0 radical (unpaired) electrons. The Morgan fingerprint density at radius 2 is 2.06 bits per heavy atom. The minimum absolute atomic E-state index is 0.00132. The Kier molecular flexibility index (Phi) is 5.36. The molecule has 0 spiro atoms. The summed E-state index contributed by atoms with van der Waals surface area (Å²) in [5, 5.41) is 2.75. The predicted octanol–water partition coefficient (Wildman–Crippen LogP) is 1.59. The van der Waals surface area contributed by atoms with Gasteiger partial charge >= 0.3 is 0 Å². The van der Waals surface area contributed by atoms with Gasteiger partial charge in [0.2, 0.25) is 5.91 Å². The first-order valence-electron chi connectivity index (χ1n) is 6.14. The molecule has 0 aromatic heterocycles. The molecule has 1 unspecified atom stereocenters. The lowest BCUT2D eigenvalue weighted by molar-refractivity contribution is -0.120. The van der Waals surface area contributed by atoms with E-state index >= 15 is 0 Å². The van der Waals surface area contributed by atoms with Crippen LogP contribution in [0.25, 0.3) is 0 Å². The number of amides is 1. The smallest absolute Gasteiger partial charge is 0.217 e. The van der Waals surface area contributed by atoms with E-state index in [1.807, 2.05) is 19.1 Å². The molecule has 4 heteroatoms. The number of hydrogen-bond acceptors (Lipinski definition) is 3. The average molecular weight is 248 g/mol. The Bertz CT molecular complexity index is 420. The van der Waals surface area contributed by atoms with Crippen molar-refractivity contribution in [3.8, 4) is 0 Å². The molecular weight excluding hydrogens is 228 g/mol. The van der Waals surface area contributed by atoms with Crippen molar-refractivity contribution in [1.82, 2.24) is 5.32 Å². The molecular formula is C14H20N2O2. The van der Waals surface area contributed by atoms with Crippen LogP contribution in [0.1, 0.15) is 33.1 Å². The molecule has 0 aromatic rings. The number of hydrogen-bond donors (Lipinski definition) is 2. The molecule has 0 aromatic carbocycles. The highest BCUT2D eigenvalue weighted by Gasteiger charge is 2.13. The Hall–Kier alpha value is -1.84. The molecule has 0 saturated heterocycles. The Balaban J connectivity index is 2.55. The number of carbonyl (C=O) groups is 2. The van der Waals surface area contributed by atoms with E-state index in [-0.39, 0.29) is 17.7 Å². The summed E-state index contributed by atoms with van der Waals surface area (Å²) >= 11 is 0. The van der Waals surface area contributed by atoms with Gasteiger partial charge in [-0.15, -0.1) is 0 Å². The number of nitrogens with two attached hydrogens (primary N) is 1. The summed E-state index contributed by atoms with van der Waals surface area (Å²) in [6.45, 7) is 3.35. The maximum Gasteiger partial charge on any atom is 0.217 e. The van der Waals surface area contributed by atoms with Crippen LogP contribution in [0.3, 0.4) is 0 Å². The first-order chi connectivity index (χ1) is 8.50. The van der Waals surface area contributed by atoms with Crippen LogP contribution in [0, 0.1) is 0 Å². The average Bonchev–Trinajstić information content (AvgIpc) is 2.50. The van der Waals surface area contributed by atoms with Crippen LogP contribution in [0.4, 0.5) is 0 Å². The van der Waals surface area contributed by atoms with Gasteiger partial charge in [-0.3, -0.25) is 9.59 Å². The monoisotopic (exact) mass is 248 g/mol. The summed E-state index contributed by atoms with van der Waals surface area (Å²) in [4.78, 5) is 22.9. The van der Waals surface area contributed by atoms with Crippen molar-refractivity contribution in [3.05, 3.63) is 35.6 Å². The van der Waals surface area contributed by atoms with Crippen molar-refractivity contribution in [2.45, 2.75) is 39.2 Å². The molecule has 1 atom stereocenters. The summed E-state index contributed by atoms with van der Waals surface area (Å²) in [6.07, 6.45) is 9.18. The van der Waals surface area contributed by atoms with Crippen LogP contribution >= 0.6 is 0 Å². The van der Waals surface area contributed by atoms with Crippen molar-refractivity contribution in [2.24, 2.45) is 5.73 Å². The van der Waals surface area contributed by atoms with Gasteiger partial charge in [-0.1, -0.05) is 18.2 Å². The summed E-state index contributed by atoms with van der Waals surface area (Å²) in [6, 6.07) is -0.00132. The fourth-order valence-electron chi connectivity index (χ4n) is 1.80. The molecule has 1 amide bonds. The largest absolute Gasteiger partial charge is 0.398 e. The van der Waals surface area contributed by atoms with E-state index in [4.69, 9.17) is 5.73 Å².